The van der Waals surface area contributed by atoms with Gasteiger partial charge in [-0.05, 0) is 47.5 Å². The first-order valence-corrected chi connectivity index (χ1v) is 7.57. The molecule has 0 amide bonds. The monoisotopic (exact) mass is 354 g/mol. The maximum absolute atomic E-state index is 5.94. The van der Waals surface area contributed by atoms with Gasteiger partial charge in [0.05, 0.1) is 5.69 Å². The van der Waals surface area contributed by atoms with Gasteiger partial charge in [-0.1, -0.05) is 18.5 Å². The van der Waals surface area contributed by atoms with Crippen LogP contribution in [0.25, 0.3) is 0 Å². The van der Waals surface area contributed by atoms with E-state index in [9.17, 15) is 0 Å². The van der Waals surface area contributed by atoms with Gasteiger partial charge >= 0.3 is 0 Å². The normalized spacial score (nSPS) is 10.4. The molecule has 0 aliphatic heterocycles. The minimum Gasteiger partial charge on any atom is -0.354 e. The van der Waals surface area contributed by atoms with Crippen molar-refractivity contribution in [2.45, 2.75) is 20.3 Å². The molecule has 1 aromatic heterocycles. The molecule has 0 atom stereocenters. The predicted octanol–water partition coefficient (Wildman–Crippen LogP) is 4.77. The molecule has 2 aromatic rings. The van der Waals surface area contributed by atoms with Gasteiger partial charge in [0.1, 0.15) is 5.82 Å². The zero-order chi connectivity index (χ0) is 14.5. The van der Waals surface area contributed by atoms with Crippen LogP contribution in [-0.4, -0.2) is 16.5 Å². The third-order valence-electron chi connectivity index (χ3n) is 2.69. The number of hydrogen-bond donors (Lipinski definition) is 2. The lowest BCUT2D eigenvalue weighted by molar-refractivity contribution is 0.950. The SMILES string of the molecule is CCCNc1ncc(C)c(Nc2ccc(Cl)cc2Br)n1. The number of benzene rings is 1. The average molecular weight is 356 g/mol. The highest BCUT2D eigenvalue weighted by Crippen LogP contribution is 2.29. The summed E-state index contributed by atoms with van der Waals surface area (Å²) in [5.41, 5.74) is 1.89. The number of aryl methyl sites for hydroxylation is 1. The first-order chi connectivity index (χ1) is 9.60. The maximum atomic E-state index is 5.94. The van der Waals surface area contributed by atoms with E-state index in [1.165, 1.54) is 0 Å². The molecule has 6 heteroatoms. The molecule has 2 rings (SSSR count). The average Bonchev–Trinajstić information content (AvgIpc) is 2.42. The van der Waals surface area contributed by atoms with Gasteiger partial charge in [0.2, 0.25) is 5.95 Å². The zero-order valence-corrected chi connectivity index (χ0v) is 13.7. The standard InChI is InChI=1S/C14H16BrClN4/c1-3-6-17-14-18-8-9(2)13(20-14)19-12-5-4-10(16)7-11(12)15/h4-5,7-8H,3,6H2,1-2H3,(H2,17,18,19,20). The Morgan fingerprint density at radius 1 is 1.35 bits per heavy atom. The van der Waals surface area contributed by atoms with Gasteiger partial charge in [-0.2, -0.15) is 4.98 Å². The Balaban J connectivity index is 2.23. The summed E-state index contributed by atoms with van der Waals surface area (Å²) in [6.07, 6.45) is 2.83. The van der Waals surface area contributed by atoms with Crippen LogP contribution in [0.1, 0.15) is 18.9 Å². The molecule has 1 heterocycles. The van der Waals surface area contributed by atoms with Gasteiger partial charge in [0.15, 0.2) is 0 Å². The summed E-state index contributed by atoms with van der Waals surface area (Å²) >= 11 is 9.42. The molecule has 20 heavy (non-hydrogen) atoms. The van der Waals surface area contributed by atoms with Crippen LogP contribution in [0.4, 0.5) is 17.5 Å². The Morgan fingerprint density at radius 3 is 2.85 bits per heavy atom. The Hall–Kier alpha value is -1.33. The molecule has 2 N–H and O–H groups in total. The first-order valence-electron chi connectivity index (χ1n) is 6.39. The van der Waals surface area contributed by atoms with Crippen molar-refractivity contribution in [1.29, 1.82) is 0 Å². The van der Waals surface area contributed by atoms with Crippen molar-refractivity contribution in [3.8, 4) is 0 Å². The van der Waals surface area contributed by atoms with Crippen LogP contribution in [0.15, 0.2) is 28.9 Å². The summed E-state index contributed by atoms with van der Waals surface area (Å²) in [4.78, 5) is 8.74. The topological polar surface area (TPSA) is 49.8 Å². The van der Waals surface area contributed by atoms with Crippen molar-refractivity contribution in [3.63, 3.8) is 0 Å². The van der Waals surface area contributed by atoms with Crippen molar-refractivity contribution in [1.82, 2.24) is 9.97 Å². The van der Waals surface area contributed by atoms with Crippen molar-refractivity contribution in [2.24, 2.45) is 0 Å². The van der Waals surface area contributed by atoms with Crippen LogP contribution in [0, 0.1) is 6.92 Å². The zero-order valence-electron chi connectivity index (χ0n) is 11.4. The minimum absolute atomic E-state index is 0.630. The fourth-order valence-electron chi connectivity index (χ4n) is 1.61. The fraction of sp³-hybridized carbons (Fsp3) is 0.286. The van der Waals surface area contributed by atoms with Crippen molar-refractivity contribution < 1.29 is 0 Å². The van der Waals surface area contributed by atoms with Crippen molar-refractivity contribution in [2.75, 3.05) is 17.2 Å². The van der Waals surface area contributed by atoms with Gasteiger partial charge in [-0.15, -0.1) is 0 Å². The molecule has 0 aliphatic carbocycles. The van der Waals surface area contributed by atoms with Crippen LogP contribution in [0.3, 0.4) is 0 Å². The molecule has 4 nitrogen and oxygen atoms in total. The van der Waals surface area contributed by atoms with Crippen LogP contribution in [-0.2, 0) is 0 Å². The molecule has 106 valence electrons. The van der Waals surface area contributed by atoms with E-state index in [0.29, 0.717) is 11.0 Å². The third kappa shape index (κ3) is 3.84. The third-order valence-corrected chi connectivity index (χ3v) is 3.58. The molecule has 0 spiro atoms. The lowest BCUT2D eigenvalue weighted by atomic mass is 10.3. The molecule has 0 radical (unpaired) electrons. The van der Waals surface area contributed by atoms with Crippen LogP contribution in [0.5, 0.6) is 0 Å². The van der Waals surface area contributed by atoms with Crippen LogP contribution in [0.2, 0.25) is 5.02 Å². The Morgan fingerprint density at radius 2 is 2.15 bits per heavy atom. The van der Waals surface area contributed by atoms with Crippen molar-refractivity contribution in [3.05, 3.63) is 39.5 Å². The minimum atomic E-state index is 0.630. The van der Waals surface area contributed by atoms with Gasteiger partial charge in [0, 0.05) is 27.8 Å². The van der Waals surface area contributed by atoms with Gasteiger partial charge < -0.3 is 10.6 Å². The summed E-state index contributed by atoms with van der Waals surface area (Å²) in [6.45, 7) is 4.92. The smallest absolute Gasteiger partial charge is 0.224 e. The first kappa shape index (κ1) is 15.1. The molecule has 0 aliphatic rings. The lowest BCUT2D eigenvalue weighted by Crippen LogP contribution is -2.07. The van der Waals surface area contributed by atoms with Gasteiger partial charge in [0.25, 0.3) is 0 Å². The number of rotatable bonds is 5. The van der Waals surface area contributed by atoms with E-state index in [-0.39, 0.29) is 0 Å². The Bertz CT molecular complexity index is 604. The van der Waals surface area contributed by atoms with E-state index in [0.717, 1.165) is 34.5 Å². The number of anilines is 3. The van der Waals surface area contributed by atoms with Crippen LogP contribution < -0.4 is 10.6 Å². The highest BCUT2D eigenvalue weighted by Gasteiger charge is 2.06. The van der Waals surface area contributed by atoms with Gasteiger partial charge in [-0.3, -0.25) is 0 Å². The van der Waals surface area contributed by atoms with E-state index >= 15 is 0 Å². The summed E-state index contributed by atoms with van der Waals surface area (Å²) in [5.74, 6) is 1.41. The molecule has 1 aromatic carbocycles. The van der Waals surface area contributed by atoms with E-state index in [1.54, 1.807) is 6.20 Å². The Labute approximate surface area is 132 Å². The van der Waals surface area contributed by atoms with Crippen LogP contribution >= 0.6 is 27.5 Å². The van der Waals surface area contributed by atoms with E-state index < -0.39 is 0 Å². The molecule has 0 fully saturated rings. The summed E-state index contributed by atoms with van der Waals surface area (Å²) in [5, 5.41) is 7.15. The number of nitrogens with one attached hydrogen (secondary N) is 2. The van der Waals surface area contributed by atoms with E-state index in [1.807, 2.05) is 25.1 Å². The summed E-state index contributed by atoms with van der Waals surface area (Å²) in [6, 6.07) is 5.59. The second-order valence-corrected chi connectivity index (χ2v) is 5.69. The predicted molar refractivity (Wildman–Crippen MR) is 88.0 cm³/mol. The lowest BCUT2D eigenvalue weighted by Gasteiger charge is -2.12. The van der Waals surface area contributed by atoms with E-state index in [2.05, 4.69) is 43.5 Å². The summed E-state index contributed by atoms with van der Waals surface area (Å²) in [7, 11) is 0. The molecule has 0 unspecified atom stereocenters. The molecular formula is C14H16BrClN4. The maximum Gasteiger partial charge on any atom is 0.224 e. The highest BCUT2D eigenvalue weighted by molar-refractivity contribution is 9.10. The van der Waals surface area contributed by atoms with E-state index in [4.69, 9.17) is 11.6 Å². The quantitative estimate of drug-likeness (QED) is 0.811. The van der Waals surface area contributed by atoms with Gasteiger partial charge in [-0.25, -0.2) is 4.98 Å². The number of hydrogen-bond acceptors (Lipinski definition) is 4. The molecule has 0 saturated heterocycles. The molecular weight excluding hydrogens is 340 g/mol. The second kappa shape index (κ2) is 6.90. The van der Waals surface area contributed by atoms with Crippen molar-refractivity contribution >= 4 is 45.0 Å². The second-order valence-electron chi connectivity index (χ2n) is 4.40. The number of nitrogens with zero attached hydrogens (tertiary/aromatic N) is 2. The fourth-order valence-corrected chi connectivity index (χ4v) is 2.39. The largest absolute Gasteiger partial charge is 0.354 e. The number of aromatic nitrogens is 2. The number of halogens is 2. The molecule has 0 saturated carbocycles. The summed E-state index contributed by atoms with van der Waals surface area (Å²) < 4.78 is 0.895. The highest BCUT2D eigenvalue weighted by atomic mass is 79.9. The Kier molecular flexibility index (Phi) is 5.20. The molecule has 0 bridgehead atoms.